The van der Waals surface area contributed by atoms with Crippen molar-refractivity contribution in [2.45, 2.75) is 44.2 Å². The van der Waals surface area contributed by atoms with Crippen molar-refractivity contribution in [2.75, 3.05) is 26.9 Å². The van der Waals surface area contributed by atoms with Crippen LogP contribution in [-0.4, -0.2) is 66.1 Å². The van der Waals surface area contributed by atoms with Crippen LogP contribution in [0.5, 0.6) is 17.2 Å². The number of carbonyl (C=O) groups excluding carboxylic acids is 1. The minimum Gasteiger partial charge on any atom is -0.493 e. The number of nitrogens with zero attached hydrogens (tertiary/aromatic N) is 1. The molecule has 0 aliphatic carbocycles. The number of rotatable bonds is 10. The second-order valence-corrected chi connectivity index (χ2v) is 10.7. The van der Waals surface area contributed by atoms with Gasteiger partial charge in [-0.05, 0) is 69.3 Å². The lowest BCUT2D eigenvalue weighted by molar-refractivity contribution is -0.265. The van der Waals surface area contributed by atoms with Crippen molar-refractivity contribution in [2.24, 2.45) is 0 Å². The van der Waals surface area contributed by atoms with Gasteiger partial charge in [-0.15, -0.1) is 0 Å². The molecule has 0 bridgehead atoms. The number of hydrogen-bond acceptors (Lipinski definition) is 8. The number of aliphatic hydroxyl groups excluding tert-OH is 1. The molecule has 3 unspecified atom stereocenters. The van der Waals surface area contributed by atoms with E-state index in [0.29, 0.717) is 0 Å². The third-order valence-electron chi connectivity index (χ3n) is 6.96. The zero-order valence-corrected chi connectivity index (χ0v) is 24.3. The maximum absolute atomic E-state index is 14.7. The molecule has 1 aromatic heterocycles. The first-order valence-electron chi connectivity index (χ1n) is 13.4. The summed E-state index contributed by atoms with van der Waals surface area (Å²) >= 11 is 0. The number of carbonyl (C=O) groups is 1. The number of amidine groups is 1. The van der Waals surface area contributed by atoms with Gasteiger partial charge in [-0.25, -0.2) is 9.37 Å². The second kappa shape index (κ2) is 12.3. The molecule has 10 nitrogen and oxygen atoms in total. The van der Waals surface area contributed by atoms with Gasteiger partial charge in [0, 0.05) is 16.7 Å². The van der Waals surface area contributed by atoms with Gasteiger partial charge in [0.25, 0.3) is 5.91 Å². The lowest BCUT2D eigenvalue weighted by Crippen LogP contribution is -2.52. The van der Waals surface area contributed by atoms with Crippen molar-refractivity contribution in [1.29, 1.82) is 5.41 Å². The van der Waals surface area contributed by atoms with Crippen molar-refractivity contribution < 1.29 is 46.8 Å². The van der Waals surface area contributed by atoms with Gasteiger partial charge < -0.3 is 35.1 Å². The van der Waals surface area contributed by atoms with Crippen LogP contribution in [0, 0.1) is 11.2 Å². The van der Waals surface area contributed by atoms with Gasteiger partial charge in [0.2, 0.25) is 5.60 Å². The van der Waals surface area contributed by atoms with Gasteiger partial charge in [-0.1, -0.05) is 0 Å². The highest BCUT2D eigenvalue weighted by Gasteiger charge is 2.57. The molecular formula is C30H32F4N4O6. The van der Waals surface area contributed by atoms with Gasteiger partial charge in [0.15, 0.2) is 17.2 Å². The van der Waals surface area contributed by atoms with Crippen LogP contribution in [-0.2, 0) is 11.1 Å². The number of aliphatic hydroxyl groups is 2. The van der Waals surface area contributed by atoms with Crippen molar-refractivity contribution >= 4 is 11.7 Å². The van der Waals surface area contributed by atoms with E-state index in [2.05, 4.69) is 15.6 Å². The van der Waals surface area contributed by atoms with Gasteiger partial charge >= 0.3 is 6.18 Å². The molecule has 0 fully saturated rings. The van der Waals surface area contributed by atoms with E-state index in [4.69, 9.17) is 19.6 Å². The number of fused-ring (bicyclic) bond motifs is 1. The van der Waals surface area contributed by atoms with E-state index in [1.165, 1.54) is 51.3 Å². The molecule has 4 rings (SSSR count). The topological polar surface area (TPSA) is 146 Å². The molecule has 0 saturated carbocycles. The molecule has 5 N–H and O–H groups in total. The summed E-state index contributed by atoms with van der Waals surface area (Å²) in [5, 5.41) is 33.6. The number of amides is 1. The molecule has 0 spiro atoms. The first-order chi connectivity index (χ1) is 20.6. The number of alkyl halides is 3. The Morgan fingerprint density at radius 1 is 1.18 bits per heavy atom. The van der Waals surface area contributed by atoms with Gasteiger partial charge in [-0.2, -0.15) is 13.2 Å². The molecule has 3 atom stereocenters. The Morgan fingerprint density at radius 3 is 2.45 bits per heavy atom. The average Bonchev–Trinajstić information content (AvgIpc) is 3.29. The minimum atomic E-state index is -5.32. The van der Waals surface area contributed by atoms with E-state index in [0.717, 1.165) is 18.2 Å². The maximum Gasteiger partial charge on any atom is 0.424 e. The summed E-state index contributed by atoms with van der Waals surface area (Å²) in [5.74, 6) is -1.12. The molecule has 236 valence electrons. The number of methoxy groups -OCH3 is 1. The smallest absolute Gasteiger partial charge is 0.424 e. The Balaban J connectivity index is 1.74. The summed E-state index contributed by atoms with van der Waals surface area (Å²) in [6.07, 6.45) is -6.10. The predicted octanol–water partition coefficient (Wildman–Crippen LogP) is 4.03. The maximum atomic E-state index is 14.7. The SMILES string of the molecule is COc1cc(C(=O)NCC(O)(c2cc3c(c(-c4ccc(F)cc4)n2)OCC3(C)NC(C)=N)C(F)(F)F)ccc1OCC(C)O. The number of halogens is 4. The molecule has 14 heteroatoms. The lowest BCUT2D eigenvalue weighted by Gasteiger charge is -2.32. The third kappa shape index (κ3) is 6.55. The number of hydrogen-bond donors (Lipinski definition) is 5. The molecule has 0 saturated heterocycles. The summed E-state index contributed by atoms with van der Waals surface area (Å²) < 4.78 is 74.2. The molecule has 1 amide bonds. The zero-order chi connectivity index (χ0) is 32.4. The minimum absolute atomic E-state index is 0.0155. The monoisotopic (exact) mass is 620 g/mol. The van der Waals surface area contributed by atoms with E-state index < -0.39 is 47.4 Å². The molecule has 3 aromatic rings. The van der Waals surface area contributed by atoms with Crippen LogP contribution in [0.25, 0.3) is 11.3 Å². The van der Waals surface area contributed by atoms with E-state index >= 15 is 0 Å². The van der Waals surface area contributed by atoms with E-state index in [1.54, 1.807) is 6.92 Å². The first kappa shape index (κ1) is 32.5. The summed E-state index contributed by atoms with van der Waals surface area (Å²) in [6, 6.07) is 9.76. The van der Waals surface area contributed by atoms with Gasteiger partial charge in [0.1, 0.15) is 24.7 Å². The van der Waals surface area contributed by atoms with E-state index in [-0.39, 0.29) is 58.7 Å². The number of aromatic nitrogens is 1. The summed E-state index contributed by atoms with van der Waals surface area (Å²) in [6.45, 7) is 3.12. The number of pyridine rings is 1. The van der Waals surface area contributed by atoms with Crippen LogP contribution >= 0.6 is 0 Å². The number of ether oxygens (including phenoxy) is 3. The lowest BCUT2D eigenvalue weighted by atomic mass is 9.88. The Labute approximate surface area is 250 Å². The quantitative estimate of drug-likeness (QED) is 0.130. The molecule has 2 aromatic carbocycles. The van der Waals surface area contributed by atoms with Gasteiger partial charge in [0.05, 0.1) is 36.8 Å². The predicted molar refractivity (Wildman–Crippen MR) is 151 cm³/mol. The van der Waals surface area contributed by atoms with Crippen LogP contribution in [0.15, 0.2) is 48.5 Å². The first-order valence-corrected chi connectivity index (χ1v) is 13.4. The van der Waals surface area contributed by atoms with Crippen molar-refractivity contribution in [3.8, 4) is 28.5 Å². The highest BCUT2D eigenvalue weighted by Crippen LogP contribution is 2.47. The second-order valence-electron chi connectivity index (χ2n) is 10.7. The molecule has 2 heterocycles. The summed E-state index contributed by atoms with van der Waals surface area (Å²) in [7, 11) is 1.30. The Bertz CT molecular complexity index is 1550. The van der Waals surface area contributed by atoms with E-state index in [9.17, 15) is 32.6 Å². The van der Waals surface area contributed by atoms with Gasteiger partial charge in [-0.3, -0.25) is 10.2 Å². The Hall–Kier alpha value is -4.43. The highest BCUT2D eigenvalue weighted by atomic mass is 19.4. The number of benzene rings is 2. The van der Waals surface area contributed by atoms with Crippen LogP contribution in [0.3, 0.4) is 0 Å². The fourth-order valence-corrected chi connectivity index (χ4v) is 4.70. The zero-order valence-electron chi connectivity index (χ0n) is 24.3. The summed E-state index contributed by atoms with van der Waals surface area (Å²) in [4.78, 5) is 17.1. The van der Waals surface area contributed by atoms with Crippen LogP contribution in [0.2, 0.25) is 0 Å². The van der Waals surface area contributed by atoms with Crippen LogP contribution < -0.4 is 24.8 Å². The Morgan fingerprint density at radius 2 is 1.86 bits per heavy atom. The van der Waals surface area contributed by atoms with Crippen LogP contribution in [0.4, 0.5) is 17.6 Å². The molecule has 1 aliphatic rings. The fourth-order valence-electron chi connectivity index (χ4n) is 4.70. The largest absolute Gasteiger partial charge is 0.493 e. The van der Waals surface area contributed by atoms with Crippen molar-refractivity contribution in [1.82, 2.24) is 15.6 Å². The molecular weight excluding hydrogens is 588 g/mol. The highest BCUT2D eigenvalue weighted by molar-refractivity contribution is 5.95. The van der Waals surface area contributed by atoms with Crippen molar-refractivity contribution in [3.63, 3.8) is 0 Å². The molecule has 0 radical (unpaired) electrons. The van der Waals surface area contributed by atoms with Crippen LogP contribution in [0.1, 0.15) is 42.4 Å². The standard InChI is InChI=1S/C30H32F4N4O6/c1-16(39)13-43-22-10-7-19(11-23(22)42-4)27(40)36-14-29(41,30(32,33)34)24-12-21-26(44-15-28(21,3)38-17(2)35)25(37-24)18-5-8-20(31)9-6-18/h5-12,16,39,41H,13-15H2,1-4H3,(H2,35,38)(H,36,40). The molecule has 1 aliphatic heterocycles. The van der Waals surface area contributed by atoms with E-state index in [1.807, 2.05) is 0 Å². The fraction of sp³-hybridized carbons (Fsp3) is 0.367. The average molecular weight is 621 g/mol. The summed E-state index contributed by atoms with van der Waals surface area (Å²) in [5.41, 5.74) is -5.46. The Kier molecular flexibility index (Phi) is 9.07. The third-order valence-corrected chi connectivity index (χ3v) is 6.96. The normalized spacial score (nSPS) is 18.0. The van der Waals surface area contributed by atoms with Crippen molar-refractivity contribution in [3.05, 3.63) is 71.2 Å². The number of nitrogens with one attached hydrogen (secondary N) is 3. The molecule has 44 heavy (non-hydrogen) atoms.